The molecule has 1 atom stereocenters. The van der Waals surface area contributed by atoms with Crippen LogP contribution in [0, 0.1) is 0 Å². The van der Waals surface area contributed by atoms with Crippen LogP contribution in [-0.4, -0.2) is 17.7 Å². The van der Waals surface area contributed by atoms with Crippen LogP contribution >= 0.6 is 11.3 Å². The maximum atomic E-state index is 11.3. The minimum absolute atomic E-state index is 0.311. The number of carboxylic acid groups (broad SMARTS) is 1. The van der Waals surface area contributed by atoms with Crippen LogP contribution in [0.15, 0.2) is 30.3 Å². The van der Waals surface area contributed by atoms with Gasteiger partial charge in [0.1, 0.15) is 5.75 Å². The highest BCUT2D eigenvalue weighted by Gasteiger charge is 2.27. The summed E-state index contributed by atoms with van der Waals surface area (Å²) in [6, 6.07) is 10.2. The summed E-state index contributed by atoms with van der Waals surface area (Å²) < 4.78 is 5.82. The Bertz CT molecular complexity index is 672. The highest BCUT2D eigenvalue weighted by molar-refractivity contribution is 7.14. The van der Waals surface area contributed by atoms with Gasteiger partial charge >= 0.3 is 5.97 Å². The van der Waals surface area contributed by atoms with Crippen molar-refractivity contribution in [2.75, 3.05) is 6.61 Å². The van der Waals surface area contributed by atoms with Gasteiger partial charge in [-0.3, -0.25) is 0 Å². The second kappa shape index (κ2) is 5.53. The molecule has 0 saturated heterocycles. The molecule has 1 aliphatic rings. The first-order chi connectivity index (χ1) is 10.1. The normalized spacial score (nSPS) is 16.4. The molecule has 0 aliphatic heterocycles. The molecule has 21 heavy (non-hydrogen) atoms. The van der Waals surface area contributed by atoms with Crippen molar-refractivity contribution < 1.29 is 14.6 Å². The van der Waals surface area contributed by atoms with Gasteiger partial charge in [-0.15, -0.1) is 11.3 Å². The van der Waals surface area contributed by atoms with E-state index in [4.69, 9.17) is 4.74 Å². The Kier molecular flexibility index (Phi) is 3.72. The van der Waals surface area contributed by atoms with E-state index in [0.29, 0.717) is 29.1 Å². The van der Waals surface area contributed by atoms with Crippen molar-refractivity contribution in [2.24, 2.45) is 0 Å². The fourth-order valence-corrected chi connectivity index (χ4v) is 3.58. The number of thiophene rings is 1. The third-order valence-corrected chi connectivity index (χ3v) is 5.29. The van der Waals surface area contributed by atoms with Gasteiger partial charge in [-0.05, 0) is 29.5 Å². The molecule has 3 nitrogen and oxygen atoms in total. The van der Waals surface area contributed by atoms with Crippen molar-refractivity contribution in [3.05, 3.63) is 51.2 Å². The van der Waals surface area contributed by atoms with Gasteiger partial charge in [0.2, 0.25) is 0 Å². The first-order valence-electron chi connectivity index (χ1n) is 7.14. The Morgan fingerprint density at radius 2 is 2.19 bits per heavy atom. The van der Waals surface area contributed by atoms with Crippen LogP contribution in [0.2, 0.25) is 0 Å². The first kappa shape index (κ1) is 14.1. The molecule has 0 bridgehead atoms. The van der Waals surface area contributed by atoms with Gasteiger partial charge in [0.25, 0.3) is 0 Å². The lowest BCUT2D eigenvalue weighted by atomic mass is 9.78. The SMILES string of the molecule is CC(C)c1cc(OCC2Cc3ccccc32)c(C(=O)O)s1. The summed E-state index contributed by atoms with van der Waals surface area (Å²) in [6.07, 6.45) is 1.01. The number of rotatable bonds is 5. The number of ether oxygens (including phenoxy) is 1. The molecule has 0 amide bonds. The second-order valence-electron chi connectivity index (χ2n) is 5.71. The minimum Gasteiger partial charge on any atom is -0.491 e. The molecule has 3 rings (SSSR count). The summed E-state index contributed by atoms with van der Waals surface area (Å²) in [6.45, 7) is 4.67. The molecule has 2 aromatic rings. The molecule has 1 N–H and O–H groups in total. The van der Waals surface area contributed by atoms with Crippen LogP contribution in [0.4, 0.5) is 0 Å². The highest BCUT2D eigenvalue weighted by Crippen LogP contribution is 2.38. The quantitative estimate of drug-likeness (QED) is 0.896. The van der Waals surface area contributed by atoms with Crippen LogP contribution < -0.4 is 4.74 Å². The molecule has 1 aliphatic carbocycles. The number of benzene rings is 1. The highest BCUT2D eigenvalue weighted by atomic mass is 32.1. The summed E-state index contributed by atoms with van der Waals surface area (Å²) >= 11 is 1.31. The van der Waals surface area contributed by atoms with Crippen molar-refractivity contribution in [2.45, 2.75) is 32.1 Å². The zero-order valence-corrected chi connectivity index (χ0v) is 12.9. The van der Waals surface area contributed by atoms with E-state index < -0.39 is 5.97 Å². The summed E-state index contributed by atoms with van der Waals surface area (Å²) in [7, 11) is 0. The van der Waals surface area contributed by atoms with Gasteiger partial charge in [0, 0.05) is 10.8 Å². The van der Waals surface area contributed by atoms with Gasteiger partial charge in [-0.1, -0.05) is 38.1 Å². The minimum atomic E-state index is -0.907. The number of carboxylic acids is 1. The van der Waals surface area contributed by atoms with Crippen molar-refractivity contribution in [3.63, 3.8) is 0 Å². The van der Waals surface area contributed by atoms with Crippen LogP contribution in [0.25, 0.3) is 0 Å². The molecule has 0 fully saturated rings. The third-order valence-electron chi connectivity index (χ3n) is 3.88. The Labute approximate surface area is 128 Å². The van der Waals surface area contributed by atoms with Crippen LogP contribution in [-0.2, 0) is 6.42 Å². The molecule has 1 aromatic carbocycles. The van der Waals surface area contributed by atoms with E-state index >= 15 is 0 Å². The zero-order valence-electron chi connectivity index (χ0n) is 12.1. The fourth-order valence-electron chi connectivity index (χ4n) is 2.63. The average molecular weight is 302 g/mol. The molecule has 1 aromatic heterocycles. The first-order valence-corrected chi connectivity index (χ1v) is 7.95. The molecule has 0 saturated carbocycles. The lowest BCUT2D eigenvalue weighted by Crippen LogP contribution is -2.23. The van der Waals surface area contributed by atoms with Gasteiger partial charge in [-0.25, -0.2) is 4.79 Å². The Hall–Kier alpha value is -1.81. The van der Waals surface area contributed by atoms with E-state index in [1.54, 1.807) is 0 Å². The molecular weight excluding hydrogens is 284 g/mol. The summed E-state index contributed by atoms with van der Waals surface area (Å²) in [5.41, 5.74) is 2.70. The fraction of sp³-hybridized carbons (Fsp3) is 0.353. The van der Waals surface area contributed by atoms with E-state index in [0.717, 1.165) is 11.3 Å². The van der Waals surface area contributed by atoms with Crippen molar-refractivity contribution in [1.82, 2.24) is 0 Å². The molecule has 4 heteroatoms. The van der Waals surface area contributed by atoms with E-state index in [1.165, 1.54) is 22.5 Å². The van der Waals surface area contributed by atoms with Gasteiger partial charge < -0.3 is 9.84 Å². The van der Waals surface area contributed by atoms with E-state index in [-0.39, 0.29) is 0 Å². The molecule has 1 unspecified atom stereocenters. The second-order valence-corrected chi connectivity index (χ2v) is 6.80. The third kappa shape index (κ3) is 2.68. The smallest absolute Gasteiger partial charge is 0.349 e. The molecule has 110 valence electrons. The molecular formula is C17H18O3S. The lowest BCUT2D eigenvalue weighted by Gasteiger charge is -2.29. The largest absolute Gasteiger partial charge is 0.491 e. The van der Waals surface area contributed by atoms with E-state index in [1.807, 2.05) is 18.2 Å². The zero-order chi connectivity index (χ0) is 15.0. The molecule has 1 heterocycles. The number of fused-ring (bicyclic) bond motifs is 1. The topological polar surface area (TPSA) is 46.5 Å². The van der Waals surface area contributed by atoms with Gasteiger partial charge in [-0.2, -0.15) is 0 Å². The van der Waals surface area contributed by atoms with Gasteiger partial charge in [0.05, 0.1) is 6.61 Å². The summed E-state index contributed by atoms with van der Waals surface area (Å²) in [4.78, 5) is 12.7. The van der Waals surface area contributed by atoms with Gasteiger partial charge in [0.15, 0.2) is 4.88 Å². The van der Waals surface area contributed by atoms with Crippen molar-refractivity contribution in [1.29, 1.82) is 0 Å². The number of hydrogen-bond acceptors (Lipinski definition) is 3. The van der Waals surface area contributed by atoms with Crippen molar-refractivity contribution in [3.8, 4) is 5.75 Å². The van der Waals surface area contributed by atoms with Crippen molar-refractivity contribution >= 4 is 17.3 Å². The average Bonchev–Trinajstić information content (AvgIpc) is 2.84. The Morgan fingerprint density at radius 3 is 2.86 bits per heavy atom. The predicted molar refractivity (Wildman–Crippen MR) is 83.7 cm³/mol. The number of carbonyl (C=O) groups is 1. The molecule has 0 spiro atoms. The number of aromatic carboxylic acids is 1. The monoisotopic (exact) mass is 302 g/mol. The maximum absolute atomic E-state index is 11.3. The Balaban J connectivity index is 1.73. The van der Waals surface area contributed by atoms with Crippen LogP contribution in [0.1, 0.15) is 51.4 Å². The Morgan fingerprint density at radius 1 is 1.43 bits per heavy atom. The standard InChI is InChI=1S/C17H18O3S/c1-10(2)15-8-14(16(21-15)17(18)19)20-9-12-7-11-5-3-4-6-13(11)12/h3-6,8,10,12H,7,9H2,1-2H3,(H,18,19). The summed E-state index contributed by atoms with van der Waals surface area (Å²) in [5.74, 6) is 0.302. The van der Waals surface area contributed by atoms with Crippen LogP contribution in [0.3, 0.4) is 0 Å². The maximum Gasteiger partial charge on any atom is 0.349 e. The van der Waals surface area contributed by atoms with Crippen LogP contribution in [0.5, 0.6) is 5.75 Å². The molecule has 0 radical (unpaired) electrons. The van der Waals surface area contributed by atoms with E-state index in [2.05, 4.69) is 26.0 Å². The van der Waals surface area contributed by atoms with E-state index in [9.17, 15) is 9.90 Å². The number of hydrogen-bond donors (Lipinski definition) is 1. The summed E-state index contributed by atoms with van der Waals surface area (Å²) in [5, 5.41) is 9.29. The lowest BCUT2D eigenvalue weighted by molar-refractivity contribution is 0.0697. The predicted octanol–water partition coefficient (Wildman–Crippen LogP) is 4.29.